The van der Waals surface area contributed by atoms with Crippen molar-refractivity contribution >= 4 is 34.6 Å². The van der Waals surface area contributed by atoms with Crippen LogP contribution in [0.1, 0.15) is 28.4 Å². The number of amidine groups is 2. The number of hydrogen-bond donors (Lipinski definition) is 1. The van der Waals surface area contributed by atoms with Crippen molar-refractivity contribution in [1.29, 1.82) is 0 Å². The lowest BCUT2D eigenvalue weighted by Crippen LogP contribution is -2.46. The summed E-state index contributed by atoms with van der Waals surface area (Å²) in [6, 6.07) is 32.6. The zero-order valence-corrected chi connectivity index (χ0v) is 21.5. The van der Waals surface area contributed by atoms with Crippen LogP contribution >= 0.6 is 0 Å². The zero-order chi connectivity index (χ0) is 26.5. The Hall–Kier alpha value is -5.04. The fourth-order valence-electron chi connectivity index (χ4n) is 5.28. The molecule has 0 fully saturated rings. The van der Waals surface area contributed by atoms with Gasteiger partial charge in [-0.3, -0.25) is 0 Å². The van der Waals surface area contributed by atoms with Crippen molar-refractivity contribution in [2.45, 2.75) is 19.9 Å². The van der Waals surface area contributed by atoms with Crippen molar-refractivity contribution in [3.8, 4) is 5.69 Å². The normalized spacial score (nSPS) is 15.6. The lowest BCUT2D eigenvalue weighted by Gasteiger charge is -2.40. The number of aromatic nitrogens is 2. The van der Waals surface area contributed by atoms with E-state index < -0.39 is 0 Å². The summed E-state index contributed by atoms with van der Waals surface area (Å²) >= 11 is 0. The van der Waals surface area contributed by atoms with E-state index in [9.17, 15) is 4.39 Å². The van der Waals surface area contributed by atoms with Gasteiger partial charge in [0.2, 0.25) is 0 Å². The van der Waals surface area contributed by atoms with Crippen molar-refractivity contribution in [3.05, 3.63) is 131 Å². The number of aryl methyl sites for hydroxylation is 2. The Morgan fingerprint density at radius 2 is 1.49 bits per heavy atom. The third-order valence-electron chi connectivity index (χ3n) is 7.14. The summed E-state index contributed by atoms with van der Waals surface area (Å²) in [6.45, 7) is 4.07. The number of nitrogens with one attached hydrogen (secondary N) is 1. The van der Waals surface area contributed by atoms with E-state index in [4.69, 9.17) is 15.1 Å². The molecule has 6 nitrogen and oxygen atoms in total. The molecule has 7 heteroatoms. The molecule has 0 radical (unpaired) electrons. The van der Waals surface area contributed by atoms with Crippen LogP contribution in [0.5, 0.6) is 0 Å². The molecule has 0 bridgehead atoms. The Morgan fingerprint density at radius 1 is 0.769 bits per heavy atom. The topological polar surface area (TPSA) is 57.8 Å². The Labute approximate surface area is 225 Å². The number of anilines is 2. The number of rotatable bonds is 3. The molecular weight excluding hydrogens is 487 g/mol. The summed E-state index contributed by atoms with van der Waals surface area (Å²) in [6.07, 6.45) is 0. The third kappa shape index (κ3) is 3.90. The summed E-state index contributed by atoms with van der Waals surface area (Å²) < 4.78 is 16.0. The van der Waals surface area contributed by atoms with E-state index in [1.807, 2.05) is 84.4 Å². The third-order valence-corrected chi connectivity index (χ3v) is 7.14. The predicted octanol–water partition coefficient (Wildman–Crippen LogP) is 7.42. The van der Waals surface area contributed by atoms with Gasteiger partial charge in [-0.05, 0) is 67.9 Å². The first-order valence-corrected chi connectivity index (χ1v) is 12.9. The van der Waals surface area contributed by atoms with Crippen molar-refractivity contribution in [3.63, 3.8) is 0 Å². The summed E-state index contributed by atoms with van der Waals surface area (Å²) in [7, 11) is 0. The van der Waals surface area contributed by atoms with E-state index in [-0.39, 0.29) is 11.9 Å². The molecular formula is C32H25FN6. The number of fused-ring (bicyclic) bond motifs is 4. The summed E-state index contributed by atoms with van der Waals surface area (Å²) in [5.41, 5.74) is 7.53. The maximum Gasteiger partial charge on any atom is 0.179 e. The number of hydrogen-bond acceptors (Lipinski definition) is 5. The van der Waals surface area contributed by atoms with Gasteiger partial charge in [0.05, 0.1) is 28.8 Å². The SMILES string of the molecule is Cc1ccc(NC2=Nc3ccccc3N3C2=Nc2c(c(C)nn2-c2ccccc2)C3c2ccc(F)cc2)cc1. The van der Waals surface area contributed by atoms with Crippen LogP contribution in [0.4, 0.5) is 27.3 Å². The number of para-hydroxylation sites is 3. The van der Waals surface area contributed by atoms with E-state index in [1.54, 1.807) is 0 Å². The van der Waals surface area contributed by atoms with E-state index in [2.05, 4.69) is 35.3 Å². The highest BCUT2D eigenvalue weighted by Gasteiger charge is 2.41. The van der Waals surface area contributed by atoms with Crippen LogP contribution in [0.3, 0.4) is 0 Å². The summed E-state index contributed by atoms with van der Waals surface area (Å²) in [5.74, 6) is 1.77. The second kappa shape index (κ2) is 9.06. The largest absolute Gasteiger partial charge is 0.337 e. The molecule has 1 atom stereocenters. The summed E-state index contributed by atoms with van der Waals surface area (Å²) in [5, 5.41) is 8.45. The van der Waals surface area contributed by atoms with Gasteiger partial charge in [0.1, 0.15) is 5.82 Å². The monoisotopic (exact) mass is 512 g/mol. The molecule has 1 N–H and O–H groups in total. The quantitative estimate of drug-likeness (QED) is 0.274. The smallest absolute Gasteiger partial charge is 0.179 e. The molecule has 190 valence electrons. The molecule has 7 rings (SSSR count). The number of nitrogens with zero attached hydrogens (tertiary/aromatic N) is 5. The first-order valence-electron chi connectivity index (χ1n) is 12.9. The Balaban J connectivity index is 1.49. The molecule has 5 aromatic rings. The minimum Gasteiger partial charge on any atom is -0.337 e. The Bertz CT molecular complexity index is 1750. The maximum absolute atomic E-state index is 14.1. The van der Waals surface area contributed by atoms with Gasteiger partial charge in [0.15, 0.2) is 17.5 Å². The van der Waals surface area contributed by atoms with Gasteiger partial charge in [-0.1, -0.05) is 60.2 Å². The lowest BCUT2D eigenvalue weighted by molar-refractivity contribution is 0.626. The number of halogens is 1. The molecule has 2 aliphatic rings. The second-order valence-corrected chi connectivity index (χ2v) is 9.77. The van der Waals surface area contributed by atoms with Gasteiger partial charge in [0, 0.05) is 11.3 Å². The van der Waals surface area contributed by atoms with Crippen LogP contribution in [0, 0.1) is 19.7 Å². The first-order chi connectivity index (χ1) is 19.1. The summed E-state index contributed by atoms with van der Waals surface area (Å²) in [4.78, 5) is 12.4. The average molecular weight is 513 g/mol. The molecule has 3 heterocycles. The van der Waals surface area contributed by atoms with Crippen molar-refractivity contribution in [2.75, 3.05) is 10.2 Å². The highest BCUT2D eigenvalue weighted by atomic mass is 19.1. The molecule has 0 saturated heterocycles. The van der Waals surface area contributed by atoms with Gasteiger partial charge in [-0.25, -0.2) is 19.1 Å². The predicted molar refractivity (Wildman–Crippen MR) is 154 cm³/mol. The van der Waals surface area contributed by atoms with Crippen LogP contribution in [-0.4, -0.2) is 21.5 Å². The second-order valence-electron chi connectivity index (χ2n) is 9.77. The standard InChI is InChI=1S/C32H25FN6/c1-20-12-18-24(19-13-20)34-30-32-36-31-28(21(2)37-39(31)25-8-4-3-5-9-25)29(22-14-16-23(33)17-15-22)38(32)27-11-7-6-10-26(27)35-30/h3-19,29H,1-2H3,(H,34,35). The molecule has 4 aromatic carbocycles. The van der Waals surface area contributed by atoms with E-state index in [1.165, 1.54) is 17.7 Å². The van der Waals surface area contributed by atoms with Crippen LogP contribution in [0.15, 0.2) is 113 Å². The zero-order valence-electron chi connectivity index (χ0n) is 21.5. The van der Waals surface area contributed by atoms with Gasteiger partial charge in [-0.2, -0.15) is 5.10 Å². The highest BCUT2D eigenvalue weighted by molar-refractivity contribution is 6.51. The molecule has 0 spiro atoms. The minimum atomic E-state index is -0.294. The minimum absolute atomic E-state index is 0.275. The molecule has 39 heavy (non-hydrogen) atoms. The number of aliphatic imine (C=N–C) groups is 2. The van der Waals surface area contributed by atoms with E-state index in [0.717, 1.165) is 45.4 Å². The van der Waals surface area contributed by atoms with Gasteiger partial charge >= 0.3 is 0 Å². The van der Waals surface area contributed by atoms with Gasteiger partial charge in [-0.15, -0.1) is 0 Å². The maximum atomic E-state index is 14.1. The molecule has 0 amide bonds. The van der Waals surface area contributed by atoms with E-state index in [0.29, 0.717) is 11.7 Å². The van der Waals surface area contributed by atoms with Gasteiger partial charge in [0.25, 0.3) is 0 Å². The first kappa shape index (κ1) is 23.1. The molecule has 2 aliphatic heterocycles. The fraction of sp³-hybridized carbons (Fsp3) is 0.0938. The van der Waals surface area contributed by atoms with E-state index >= 15 is 0 Å². The van der Waals surface area contributed by atoms with Gasteiger partial charge < -0.3 is 10.2 Å². The van der Waals surface area contributed by atoms with Crippen LogP contribution in [0.2, 0.25) is 0 Å². The molecule has 1 aromatic heterocycles. The highest BCUT2D eigenvalue weighted by Crippen LogP contribution is 2.48. The van der Waals surface area contributed by atoms with Crippen molar-refractivity contribution < 1.29 is 4.39 Å². The Morgan fingerprint density at radius 3 is 2.26 bits per heavy atom. The lowest BCUT2D eigenvalue weighted by atomic mass is 9.93. The fourth-order valence-corrected chi connectivity index (χ4v) is 5.28. The van der Waals surface area contributed by atoms with Crippen LogP contribution in [0.25, 0.3) is 5.69 Å². The van der Waals surface area contributed by atoms with Crippen LogP contribution in [-0.2, 0) is 0 Å². The molecule has 0 saturated carbocycles. The Kier molecular flexibility index (Phi) is 5.37. The van der Waals surface area contributed by atoms with Crippen LogP contribution < -0.4 is 10.2 Å². The molecule has 1 unspecified atom stereocenters. The number of benzene rings is 4. The molecule has 0 aliphatic carbocycles. The average Bonchev–Trinajstić information content (AvgIpc) is 3.30. The van der Waals surface area contributed by atoms with Crippen molar-refractivity contribution in [1.82, 2.24) is 9.78 Å². The van der Waals surface area contributed by atoms with Crippen molar-refractivity contribution in [2.24, 2.45) is 9.98 Å².